The normalized spacial score (nSPS) is 25.1. The van der Waals surface area contributed by atoms with Gasteiger partial charge in [-0.15, -0.1) is 5.10 Å². The summed E-state index contributed by atoms with van der Waals surface area (Å²) < 4.78 is 0. The molecule has 0 aromatic carbocycles. The van der Waals surface area contributed by atoms with Crippen molar-refractivity contribution in [3.05, 3.63) is 17.3 Å². The van der Waals surface area contributed by atoms with Crippen LogP contribution in [0.2, 0.25) is 0 Å². The number of hydrogen-bond acceptors (Lipinski definition) is 5. The van der Waals surface area contributed by atoms with Crippen LogP contribution in [-0.2, 0) is 17.6 Å². The Kier molecular flexibility index (Phi) is 3.48. The van der Waals surface area contributed by atoms with Crippen LogP contribution in [0.5, 0.6) is 0 Å². The Morgan fingerprint density at radius 1 is 1.27 bits per heavy atom. The van der Waals surface area contributed by atoms with Crippen LogP contribution in [0.3, 0.4) is 0 Å². The number of amides is 1. The molecule has 2 fully saturated rings. The molecule has 0 spiro atoms. The van der Waals surface area contributed by atoms with Crippen LogP contribution in [0.4, 0.5) is 5.82 Å². The van der Waals surface area contributed by atoms with E-state index in [1.165, 1.54) is 24.1 Å². The Morgan fingerprint density at radius 2 is 2.09 bits per heavy atom. The quantitative estimate of drug-likeness (QED) is 0.874. The van der Waals surface area contributed by atoms with E-state index in [1.54, 1.807) is 0 Å². The minimum atomic E-state index is 0.0433. The van der Waals surface area contributed by atoms with Crippen molar-refractivity contribution < 1.29 is 4.79 Å². The van der Waals surface area contributed by atoms with Crippen LogP contribution >= 0.6 is 0 Å². The van der Waals surface area contributed by atoms with Crippen LogP contribution in [0, 0.1) is 0 Å². The highest BCUT2D eigenvalue weighted by molar-refractivity contribution is 5.83. The summed E-state index contributed by atoms with van der Waals surface area (Å²) in [5.41, 5.74) is 2.56. The molecule has 6 heteroatoms. The van der Waals surface area contributed by atoms with Crippen molar-refractivity contribution in [1.29, 1.82) is 0 Å². The van der Waals surface area contributed by atoms with Crippen LogP contribution in [-0.4, -0.2) is 59.8 Å². The zero-order valence-electron chi connectivity index (χ0n) is 13.1. The van der Waals surface area contributed by atoms with Gasteiger partial charge in [-0.1, -0.05) is 0 Å². The van der Waals surface area contributed by atoms with E-state index >= 15 is 0 Å². The highest BCUT2D eigenvalue weighted by Gasteiger charge is 2.38. The molecule has 2 saturated heterocycles. The van der Waals surface area contributed by atoms with E-state index < -0.39 is 0 Å². The molecule has 2 aliphatic heterocycles. The van der Waals surface area contributed by atoms with Gasteiger partial charge in [0.15, 0.2) is 5.82 Å². The maximum Gasteiger partial charge on any atom is 0.237 e. The van der Waals surface area contributed by atoms with E-state index in [0.717, 1.165) is 44.7 Å². The van der Waals surface area contributed by atoms with Gasteiger partial charge in [0.05, 0.1) is 11.7 Å². The third-order valence-electron chi connectivity index (χ3n) is 5.33. The fourth-order valence-corrected chi connectivity index (χ4v) is 3.76. The van der Waals surface area contributed by atoms with Gasteiger partial charge in [-0.3, -0.25) is 9.69 Å². The van der Waals surface area contributed by atoms with Gasteiger partial charge < -0.3 is 10.2 Å². The Hall–Kier alpha value is -1.69. The maximum atomic E-state index is 11.8. The predicted molar refractivity (Wildman–Crippen MR) is 83.9 cm³/mol. The van der Waals surface area contributed by atoms with Gasteiger partial charge in [-0.05, 0) is 50.8 Å². The van der Waals surface area contributed by atoms with Crippen LogP contribution in [0.25, 0.3) is 0 Å². The number of anilines is 1. The van der Waals surface area contributed by atoms with Crippen molar-refractivity contribution in [3.63, 3.8) is 0 Å². The topological polar surface area (TPSA) is 61.4 Å². The predicted octanol–water partition coefficient (Wildman–Crippen LogP) is 0.364. The molecule has 1 aromatic rings. The van der Waals surface area contributed by atoms with Crippen LogP contribution < -0.4 is 10.2 Å². The number of rotatable bonds is 3. The minimum absolute atomic E-state index is 0.0433. The molecule has 0 saturated carbocycles. The van der Waals surface area contributed by atoms with E-state index in [0.29, 0.717) is 6.04 Å². The monoisotopic (exact) mass is 301 g/mol. The average molecular weight is 301 g/mol. The zero-order valence-corrected chi connectivity index (χ0v) is 13.1. The first-order chi connectivity index (χ1) is 10.7. The molecule has 3 aliphatic rings. The van der Waals surface area contributed by atoms with E-state index in [2.05, 4.69) is 38.4 Å². The Morgan fingerprint density at radius 3 is 2.86 bits per heavy atom. The van der Waals surface area contributed by atoms with Crippen molar-refractivity contribution in [2.24, 2.45) is 0 Å². The van der Waals surface area contributed by atoms with Crippen LogP contribution in [0.15, 0.2) is 6.07 Å². The van der Waals surface area contributed by atoms with Gasteiger partial charge in [0, 0.05) is 25.7 Å². The van der Waals surface area contributed by atoms with Crippen LogP contribution in [0.1, 0.15) is 30.5 Å². The van der Waals surface area contributed by atoms with E-state index in [9.17, 15) is 4.79 Å². The number of nitrogens with one attached hydrogen (secondary N) is 1. The van der Waals surface area contributed by atoms with Gasteiger partial charge in [0.2, 0.25) is 5.91 Å². The van der Waals surface area contributed by atoms with Gasteiger partial charge in [-0.25, -0.2) is 0 Å². The smallest absolute Gasteiger partial charge is 0.237 e. The van der Waals surface area contributed by atoms with Gasteiger partial charge in [-0.2, -0.15) is 5.10 Å². The largest absolute Gasteiger partial charge is 0.355 e. The lowest BCUT2D eigenvalue weighted by Crippen LogP contribution is -2.61. The second kappa shape index (κ2) is 5.50. The fraction of sp³-hybridized carbons (Fsp3) is 0.688. The van der Waals surface area contributed by atoms with E-state index in [1.807, 2.05) is 0 Å². The molecule has 118 valence electrons. The average Bonchev–Trinajstić information content (AvgIpc) is 2.91. The number of carbonyl (C=O) groups is 1. The lowest BCUT2D eigenvalue weighted by molar-refractivity contribution is -0.124. The molecular weight excluding hydrogens is 278 g/mol. The number of nitrogens with zero attached hydrogens (tertiary/aromatic N) is 4. The molecule has 1 aromatic heterocycles. The molecule has 1 atom stereocenters. The maximum absolute atomic E-state index is 11.8. The molecule has 4 rings (SSSR count). The fourth-order valence-electron chi connectivity index (χ4n) is 3.76. The van der Waals surface area contributed by atoms with Gasteiger partial charge >= 0.3 is 0 Å². The third kappa shape index (κ3) is 2.35. The Labute approximate surface area is 130 Å². The van der Waals surface area contributed by atoms with Crippen molar-refractivity contribution in [2.45, 2.75) is 44.2 Å². The highest BCUT2D eigenvalue weighted by Crippen LogP contribution is 2.27. The second-order valence-electron chi connectivity index (χ2n) is 6.70. The first kappa shape index (κ1) is 13.9. The van der Waals surface area contributed by atoms with Crippen molar-refractivity contribution in [2.75, 3.05) is 31.6 Å². The van der Waals surface area contributed by atoms with E-state index in [-0.39, 0.29) is 11.9 Å². The van der Waals surface area contributed by atoms with Crippen molar-refractivity contribution in [1.82, 2.24) is 20.4 Å². The number of aromatic nitrogens is 2. The minimum Gasteiger partial charge on any atom is -0.355 e. The SMILES string of the molecule is CN(C1CN(c2cc3c(nn2)CCCC3)C1)C1CCNC1=O. The van der Waals surface area contributed by atoms with Gasteiger partial charge in [0.25, 0.3) is 0 Å². The van der Waals surface area contributed by atoms with E-state index in [4.69, 9.17) is 0 Å². The molecule has 22 heavy (non-hydrogen) atoms. The highest BCUT2D eigenvalue weighted by atomic mass is 16.2. The molecule has 3 heterocycles. The lowest BCUT2D eigenvalue weighted by atomic mass is 9.96. The van der Waals surface area contributed by atoms with Crippen molar-refractivity contribution >= 4 is 11.7 Å². The Bertz CT molecular complexity index is 584. The Balaban J connectivity index is 1.39. The summed E-state index contributed by atoms with van der Waals surface area (Å²) >= 11 is 0. The molecule has 0 radical (unpaired) electrons. The summed E-state index contributed by atoms with van der Waals surface area (Å²) in [4.78, 5) is 16.3. The number of carbonyl (C=O) groups excluding carboxylic acids is 1. The standard InChI is InChI=1S/C16H23N5O/c1-20(14-6-7-17-16(14)22)12-9-21(10-12)15-8-11-4-2-3-5-13(11)18-19-15/h8,12,14H,2-7,9-10H2,1H3,(H,17,22). The zero-order chi connectivity index (χ0) is 15.1. The first-order valence-corrected chi connectivity index (χ1v) is 8.32. The third-order valence-corrected chi connectivity index (χ3v) is 5.33. The molecule has 1 amide bonds. The van der Waals surface area contributed by atoms with Crippen molar-refractivity contribution in [3.8, 4) is 0 Å². The molecule has 1 N–H and O–H groups in total. The molecule has 6 nitrogen and oxygen atoms in total. The molecular formula is C16H23N5O. The number of likely N-dealkylation sites (N-methyl/N-ethyl adjacent to an activating group) is 1. The summed E-state index contributed by atoms with van der Waals surface area (Å²) in [5.74, 6) is 1.18. The first-order valence-electron chi connectivity index (χ1n) is 8.32. The molecule has 0 bridgehead atoms. The lowest BCUT2D eigenvalue weighted by Gasteiger charge is -2.46. The summed E-state index contributed by atoms with van der Waals surface area (Å²) in [5, 5.41) is 11.7. The number of hydrogen-bond donors (Lipinski definition) is 1. The summed E-state index contributed by atoms with van der Waals surface area (Å²) in [6.07, 6.45) is 5.63. The summed E-state index contributed by atoms with van der Waals surface area (Å²) in [6.45, 7) is 2.68. The number of aryl methyl sites for hydroxylation is 2. The molecule has 1 unspecified atom stereocenters. The molecule has 1 aliphatic carbocycles. The summed E-state index contributed by atoms with van der Waals surface area (Å²) in [7, 11) is 2.07. The second-order valence-corrected chi connectivity index (χ2v) is 6.70. The summed E-state index contributed by atoms with van der Waals surface area (Å²) in [6, 6.07) is 2.70. The van der Waals surface area contributed by atoms with Gasteiger partial charge in [0.1, 0.15) is 0 Å². The number of fused-ring (bicyclic) bond motifs is 1.